The van der Waals surface area contributed by atoms with Gasteiger partial charge in [-0.05, 0) is 49.6 Å². The normalized spacial score (nSPS) is 17.8. The summed E-state index contributed by atoms with van der Waals surface area (Å²) in [6.45, 7) is 3.39. The Bertz CT molecular complexity index is 985. The number of hydrogen-bond donors (Lipinski definition) is 1. The summed E-state index contributed by atoms with van der Waals surface area (Å²) in [4.78, 5) is 25.0. The van der Waals surface area contributed by atoms with Crippen LogP contribution in [-0.4, -0.2) is 47.0 Å². The predicted octanol–water partition coefficient (Wildman–Crippen LogP) is 4.33. The van der Waals surface area contributed by atoms with E-state index in [1.165, 1.54) is 6.42 Å². The lowest BCUT2D eigenvalue weighted by atomic mass is 9.96. The van der Waals surface area contributed by atoms with Gasteiger partial charge in [-0.15, -0.1) is 0 Å². The maximum Gasteiger partial charge on any atom is 0.229 e. The van der Waals surface area contributed by atoms with E-state index in [2.05, 4.69) is 20.9 Å². The summed E-state index contributed by atoms with van der Waals surface area (Å²) in [6.07, 6.45) is 3.52. The highest BCUT2D eigenvalue weighted by molar-refractivity contribution is 6.33. The van der Waals surface area contributed by atoms with Gasteiger partial charge in [0.05, 0.1) is 22.0 Å². The van der Waals surface area contributed by atoms with Gasteiger partial charge in [-0.25, -0.2) is 4.98 Å². The van der Waals surface area contributed by atoms with Crippen molar-refractivity contribution in [2.75, 3.05) is 31.1 Å². The lowest BCUT2D eigenvalue weighted by Crippen LogP contribution is -2.55. The molecule has 2 fully saturated rings. The van der Waals surface area contributed by atoms with E-state index in [1.807, 2.05) is 41.3 Å². The van der Waals surface area contributed by atoms with E-state index in [4.69, 9.17) is 11.6 Å². The van der Waals surface area contributed by atoms with Crippen LogP contribution in [0.4, 0.5) is 5.69 Å². The molecule has 2 aliphatic heterocycles. The zero-order valence-electron chi connectivity index (χ0n) is 15.7. The number of H-pyrrole nitrogens is 1. The van der Waals surface area contributed by atoms with E-state index >= 15 is 0 Å². The molecular weight excluding hydrogens is 372 g/mol. The van der Waals surface area contributed by atoms with Gasteiger partial charge in [-0.3, -0.25) is 4.79 Å². The van der Waals surface area contributed by atoms with Crippen LogP contribution in [0.3, 0.4) is 0 Å². The number of benzene rings is 2. The van der Waals surface area contributed by atoms with E-state index in [1.54, 1.807) is 0 Å². The molecule has 0 saturated carbocycles. The van der Waals surface area contributed by atoms with Gasteiger partial charge in [-0.1, -0.05) is 23.7 Å². The number of nitrogens with zero attached hydrogens (tertiary/aromatic N) is 3. The van der Waals surface area contributed by atoms with E-state index < -0.39 is 0 Å². The molecule has 28 heavy (non-hydrogen) atoms. The Hall–Kier alpha value is -2.53. The Kier molecular flexibility index (Phi) is 4.47. The SMILES string of the molecule is O=C(C1CN(c2ccc(Cl)c(-c3nc4ccccc4[nH]3)c2)C1)N1CCCCC1. The lowest BCUT2D eigenvalue weighted by molar-refractivity contribution is -0.137. The molecule has 0 aliphatic carbocycles. The zero-order valence-corrected chi connectivity index (χ0v) is 16.5. The number of aromatic amines is 1. The van der Waals surface area contributed by atoms with Crippen molar-refractivity contribution in [2.24, 2.45) is 5.92 Å². The molecule has 2 saturated heterocycles. The first kappa shape index (κ1) is 17.6. The number of amides is 1. The molecule has 0 radical (unpaired) electrons. The van der Waals surface area contributed by atoms with Crippen molar-refractivity contribution >= 4 is 34.2 Å². The number of rotatable bonds is 3. The van der Waals surface area contributed by atoms with E-state index in [0.717, 1.165) is 67.1 Å². The Balaban J connectivity index is 1.33. The summed E-state index contributed by atoms with van der Waals surface area (Å²) in [5, 5.41) is 0.671. The molecule has 1 aromatic heterocycles. The van der Waals surface area contributed by atoms with Crippen LogP contribution in [-0.2, 0) is 4.79 Å². The standard InChI is InChI=1S/C22H23ClN4O/c23-18-9-8-16(12-17(18)21-24-19-6-2-3-7-20(19)25-21)27-13-15(14-27)22(28)26-10-4-1-5-11-26/h2-3,6-9,12,15H,1,4-5,10-11,13-14H2,(H,24,25). The summed E-state index contributed by atoms with van der Waals surface area (Å²) < 4.78 is 0. The second-order valence-corrected chi connectivity index (χ2v) is 8.16. The monoisotopic (exact) mass is 394 g/mol. The van der Waals surface area contributed by atoms with Crippen molar-refractivity contribution in [2.45, 2.75) is 19.3 Å². The third-order valence-corrected chi connectivity index (χ3v) is 6.19. The second kappa shape index (κ2) is 7.13. The molecule has 5 rings (SSSR count). The molecule has 0 bridgehead atoms. The second-order valence-electron chi connectivity index (χ2n) is 7.75. The Morgan fingerprint density at radius 1 is 1.07 bits per heavy atom. The number of anilines is 1. The van der Waals surface area contributed by atoms with E-state index in [-0.39, 0.29) is 5.92 Å². The maximum atomic E-state index is 12.7. The van der Waals surface area contributed by atoms with Gasteiger partial charge in [-0.2, -0.15) is 0 Å². The molecule has 6 heteroatoms. The highest BCUT2D eigenvalue weighted by Gasteiger charge is 2.36. The van der Waals surface area contributed by atoms with Gasteiger partial charge >= 0.3 is 0 Å². The van der Waals surface area contributed by atoms with Crippen LogP contribution in [0.25, 0.3) is 22.4 Å². The van der Waals surface area contributed by atoms with Crippen LogP contribution in [0.2, 0.25) is 5.02 Å². The molecule has 0 unspecified atom stereocenters. The van der Waals surface area contributed by atoms with Crippen molar-refractivity contribution in [3.63, 3.8) is 0 Å². The average molecular weight is 395 g/mol. The first-order valence-corrected chi connectivity index (χ1v) is 10.4. The van der Waals surface area contributed by atoms with Crippen LogP contribution in [0.5, 0.6) is 0 Å². The minimum Gasteiger partial charge on any atom is -0.370 e. The number of halogens is 1. The topological polar surface area (TPSA) is 52.2 Å². The number of aromatic nitrogens is 2. The average Bonchev–Trinajstić information content (AvgIpc) is 3.12. The number of piperidine rings is 1. The highest BCUT2D eigenvalue weighted by atomic mass is 35.5. The van der Waals surface area contributed by atoms with Crippen LogP contribution in [0.15, 0.2) is 42.5 Å². The number of carbonyl (C=O) groups is 1. The molecule has 0 spiro atoms. The van der Waals surface area contributed by atoms with Crippen LogP contribution in [0.1, 0.15) is 19.3 Å². The Morgan fingerprint density at radius 2 is 1.86 bits per heavy atom. The van der Waals surface area contributed by atoms with Crippen molar-refractivity contribution < 1.29 is 4.79 Å². The number of nitrogens with one attached hydrogen (secondary N) is 1. The number of imidazole rings is 1. The number of hydrogen-bond acceptors (Lipinski definition) is 3. The molecule has 5 nitrogen and oxygen atoms in total. The van der Waals surface area contributed by atoms with Gasteiger partial charge < -0.3 is 14.8 Å². The highest BCUT2D eigenvalue weighted by Crippen LogP contribution is 2.34. The zero-order chi connectivity index (χ0) is 19.1. The summed E-state index contributed by atoms with van der Waals surface area (Å²) >= 11 is 6.47. The molecule has 1 N–H and O–H groups in total. The number of para-hydroxylation sites is 2. The van der Waals surface area contributed by atoms with Gasteiger partial charge in [0.25, 0.3) is 0 Å². The summed E-state index contributed by atoms with van der Waals surface area (Å²) in [5.41, 5.74) is 3.90. The summed E-state index contributed by atoms with van der Waals surface area (Å²) in [6, 6.07) is 14.0. The molecule has 144 valence electrons. The van der Waals surface area contributed by atoms with Gasteiger partial charge in [0.1, 0.15) is 5.82 Å². The maximum absolute atomic E-state index is 12.7. The molecular formula is C22H23ClN4O. The van der Waals surface area contributed by atoms with Crippen LogP contribution in [0, 0.1) is 5.92 Å². The Morgan fingerprint density at radius 3 is 2.64 bits per heavy atom. The minimum atomic E-state index is 0.114. The fourth-order valence-corrected chi connectivity index (χ4v) is 4.40. The molecule has 3 aromatic rings. The van der Waals surface area contributed by atoms with Gasteiger partial charge in [0.15, 0.2) is 0 Å². The minimum absolute atomic E-state index is 0.114. The fraction of sp³-hybridized carbons (Fsp3) is 0.364. The third kappa shape index (κ3) is 3.14. The van der Waals surface area contributed by atoms with E-state index in [0.29, 0.717) is 10.9 Å². The van der Waals surface area contributed by atoms with Crippen molar-refractivity contribution in [3.05, 3.63) is 47.5 Å². The molecule has 2 aliphatic rings. The Labute approximate surface area is 169 Å². The molecule has 3 heterocycles. The lowest BCUT2D eigenvalue weighted by Gasteiger charge is -2.43. The summed E-state index contributed by atoms with van der Waals surface area (Å²) in [5.74, 6) is 1.21. The number of carbonyl (C=O) groups excluding carboxylic acids is 1. The first-order valence-electron chi connectivity index (χ1n) is 9.97. The van der Waals surface area contributed by atoms with E-state index in [9.17, 15) is 4.79 Å². The smallest absolute Gasteiger partial charge is 0.229 e. The fourth-order valence-electron chi connectivity index (χ4n) is 4.19. The van der Waals surface area contributed by atoms with Gasteiger partial charge in [0.2, 0.25) is 5.91 Å². The number of fused-ring (bicyclic) bond motifs is 1. The van der Waals surface area contributed by atoms with Crippen LogP contribution >= 0.6 is 11.6 Å². The van der Waals surface area contributed by atoms with Crippen molar-refractivity contribution in [1.82, 2.24) is 14.9 Å². The molecule has 0 atom stereocenters. The van der Waals surface area contributed by atoms with Gasteiger partial charge in [0, 0.05) is 37.4 Å². The molecule has 2 aromatic carbocycles. The van der Waals surface area contributed by atoms with Crippen molar-refractivity contribution in [1.29, 1.82) is 0 Å². The number of likely N-dealkylation sites (tertiary alicyclic amines) is 1. The largest absolute Gasteiger partial charge is 0.370 e. The molecule has 1 amide bonds. The first-order chi connectivity index (χ1) is 13.7. The third-order valence-electron chi connectivity index (χ3n) is 5.86. The van der Waals surface area contributed by atoms with Crippen LogP contribution < -0.4 is 4.90 Å². The van der Waals surface area contributed by atoms with Crippen molar-refractivity contribution in [3.8, 4) is 11.4 Å². The quantitative estimate of drug-likeness (QED) is 0.719. The summed E-state index contributed by atoms with van der Waals surface area (Å²) in [7, 11) is 0. The predicted molar refractivity (Wildman–Crippen MR) is 113 cm³/mol.